The smallest absolute Gasteiger partial charge is 0.230 e. The van der Waals surface area contributed by atoms with Gasteiger partial charge < -0.3 is 14.8 Å². The van der Waals surface area contributed by atoms with Gasteiger partial charge in [0.15, 0.2) is 0 Å². The largest absolute Gasteiger partial charge is 0.336 e. The first-order chi connectivity index (χ1) is 10.6. The Morgan fingerprint density at radius 3 is 2.91 bits per heavy atom. The van der Waals surface area contributed by atoms with Crippen LogP contribution in [-0.4, -0.2) is 43.5 Å². The average molecular weight is 302 g/mol. The minimum absolute atomic E-state index is 0.0281. The fraction of sp³-hybridized carbons (Fsp3) is 0.429. The standard InChI is InChI=1S/C14H18N6O2/c1-19-6-5-15-13(19)12-10(3-4-11(21)20(12)2)14(22)18-9-7-16-17-8-9/h5-8,10,12H,3-4H2,1-2H3,(H,16,17)(H,18,22)/t10-,12-/m0/s1. The minimum atomic E-state index is -0.367. The molecule has 116 valence electrons. The van der Waals surface area contributed by atoms with Gasteiger partial charge in [-0.1, -0.05) is 0 Å². The maximum absolute atomic E-state index is 12.6. The van der Waals surface area contributed by atoms with Crippen molar-refractivity contribution in [2.45, 2.75) is 18.9 Å². The van der Waals surface area contributed by atoms with E-state index >= 15 is 0 Å². The van der Waals surface area contributed by atoms with Crippen molar-refractivity contribution in [3.05, 3.63) is 30.6 Å². The number of aromatic amines is 1. The summed E-state index contributed by atoms with van der Waals surface area (Å²) in [5, 5.41) is 9.30. The normalized spacial score (nSPS) is 21.9. The highest BCUT2D eigenvalue weighted by molar-refractivity contribution is 5.94. The highest BCUT2D eigenvalue weighted by Crippen LogP contribution is 2.35. The predicted molar refractivity (Wildman–Crippen MR) is 78.7 cm³/mol. The number of rotatable bonds is 3. The van der Waals surface area contributed by atoms with Crippen molar-refractivity contribution in [2.24, 2.45) is 13.0 Å². The molecule has 0 spiro atoms. The zero-order chi connectivity index (χ0) is 15.7. The van der Waals surface area contributed by atoms with Gasteiger partial charge in [0, 0.05) is 39.1 Å². The third-order valence-corrected chi connectivity index (χ3v) is 4.09. The molecule has 0 aliphatic carbocycles. The molecule has 2 atom stereocenters. The van der Waals surface area contributed by atoms with E-state index in [9.17, 15) is 9.59 Å². The number of likely N-dealkylation sites (tertiary alicyclic amines) is 1. The Morgan fingerprint density at radius 2 is 2.27 bits per heavy atom. The molecular formula is C14H18N6O2. The molecule has 22 heavy (non-hydrogen) atoms. The van der Waals surface area contributed by atoms with Gasteiger partial charge >= 0.3 is 0 Å². The molecule has 1 aliphatic rings. The first-order valence-corrected chi connectivity index (χ1v) is 7.10. The summed E-state index contributed by atoms with van der Waals surface area (Å²) in [4.78, 5) is 30.6. The summed E-state index contributed by atoms with van der Waals surface area (Å²) in [6.07, 6.45) is 7.52. The summed E-state index contributed by atoms with van der Waals surface area (Å²) in [5.41, 5.74) is 0.614. The van der Waals surface area contributed by atoms with Crippen LogP contribution >= 0.6 is 0 Å². The number of anilines is 1. The number of nitrogens with zero attached hydrogens (tertiary/aromatic N) is 4. The lowest BCUT2D eigenvalue weighted by molar-refractivity contribution is -0.140. The molecule has 2 aromatic rings. The minimum Gasteiger partial charge on any atom is -0.336 e. The zero-order valence-electron chi connectivity index (χ0n) is 12.5. The lowest BCUT2D eigenvalue weighted by atomic mass is 9.87. The monoisotopic (exact) mass is 302 g/mol. The molecule has 0 saturated carbocycles. The Bertz CT molecular complexity index is 677. The van der Waals surface area contributed by atoms with Gasteiger partial charge in [0.25, 0.3) is 0 Å². The van der Waals surface area contributed by atoms with Gasteiger partial charge in [0.05, 0.1) is 17.8 Å². The summed E-state index contributed by atoms with van der Waals surface area (Å²) in [6.45, 7) is 0. The number of hydrogen-bond acceptors (Lipinski definition) is 4. The van der Waals surface area contributed by atoms with Gasteiger partial charge in [-0.3, -0.25) is 14.7 Å². The Labute approximate surface area is 127 Å². The Kier molecular flexibility index (Phi) is 3.66. The molecule has 8 nitrogen and oxygen atoms in total. The van der Waals surface area contributed by atoms with Crippen molar-refractivity contribution in [2.75, 3.05) is 12.4 Å². The van der Waals surface area contributed by atoms with Gasteiger partial charge in [-0.05, 0) is 6.42 Å². The molecule has 0 radical (unpaired) electrons. The van der Waals surface area contributed by atoms with Crippen LogP contribution in [0.5, 0.6) is 0 Å². The molecule has 0 aromatic carbocycles. The van der Waals surface area contributed by atoms with Crippen LogP contribution in [0.3, 0.4) is 0 Å². The van der Waals surface area contributed by atoms with Crippen LogP contribution in [-0.2, 0) is 16.6 Å². The topological polar surface area (TPSA) is 95.9 Å². The highest BCUT2D eigenvalue weighted by atomic mass is 16.2. The summed E-state index contributed by atoms with van der Waals surface area (Å²) >= 11 is 0. The Morgan fingerprint density at radius 1 is 1.45 bits per heavy atom. The first kappa shape index (κ1) is 14.3. The maximum atomic E-state index is 12.6. The molecule has 3 heterocycles. The summed E-state index contributed by atoms with van der Waals surface area (Å²) in [7, 11) is 3.58. The third kappa shape index (κ3) is 2.47. The molecule has 2 amide bonds. The van der Waals surface area contributed by atoms with Crippen molar-refractivity contribution in [3.63, 3.8) is 0 Å². The number of H-pyrrole nitrogens is 1. The van der Waals surface area contributed by atoms with E-state index in [1.807, 2.05) is 17.8 Å². The van der Waals surface area contributed by atoms with Gasteiger partial charge in [0.1, 0.15) is 11.9 Å². The molecule has 3 rings (SSSR count). The Hall–Kier alpha value is -2.64. The zero-order valence-corrected chi connectivity index (χ0v) is 12.5. The molecule has 1 fully saturated rings. The fourth-order valence-corrected chi connectivity index (χ4v) is 2.88. The number of hydrogen-bond donors (Lipinski definition) is 2. The van der Waals surface area contributed by atoms with Gasteiger partial charge in [-0.25, -0.2) is 4.98 Å². The second-order valence-electron chi connectivity index (χ2n) is 5.47. The number of amides is 2. The van der Waals surface area contributed by atoms with E-state index < -0.39 is 0 Å². The van der Waals surface area contributed by atoms with Crippen LogP contribution in [0.1, 0.15) is 24.7 Å². The van der Waals surface area contributed by atoms with E-state index in [0.29, 0.717) is 24.4 Å². The lowest BCUT2D eigenvalue weighted by Crippen LogP contribution is -2.45. The number of carbonyl (C=O) groups excluding carboxylic acids is 2. The molecule has 1 saturated heterocycles. The quantitative estimate of drug-likeness (QED) is 0.872. The summed E-state index contributed by atoms with van der Waals surface area (Å²) < 4.78 is 1.85. The molecule has 0 bridgehead atoms. The second kappa shape index (κ2) is 5.63. The second-order valence-corrected chi connectivity index (χ2v) is 5.47. The molecule has 2 N–H and O–H groups in total. The van der Waals surface area contributed by atoms with Crippen LogP contribution in [0.4, 0.5) is 5.69 Å². The van der Waals surface area contributed by atoms with Crippen LogP contribution in [0.15, 0.2) is 24.8 Å². The average Bonchev–Trinajstić information content (AvgIpc) is 3.13. The molecular weight excluding hydrogens is 284 g/mol. The van der Waals surface area contributed by atoms with Crippen LogP contribution in [0.2, 0.25) is 0 Å². The first-order valence-electron chi connectivity index (χ1n) is 7.10. The molecule has 0 unspecified atom stereocenters. The number of aryl methyl sites for hydroxylation is 1. The van der Waals surface area contributed by atoms with E-state index in [2.05, 4.69) is 20.5 Å². The number of nitrogens with one attached hydrogen (secondary N) is 2. The molecule has 2 aromatic heterocycles. The van der Waals surface area contributed by atoms with E-state index in [-0.39, 0.29) is 23.8 Å². The number of aromatic nitrogens is 4. The fourth-order valence-electron chi connectivity index (χ4n) is 2.88. The van der Waals surface area contributed by atoms with Crippen LogP contribution < -0.4 is 5.32 Å². The maximum Gasteiger partial charge on any atom is 0.230 e. The summed E-state index contributed by atoms with van der Waals surface area (Å²) in [5.74, 6) is 0.260. The van der Waals surface area contributed by atoms with Crippen molar-refractivity contribution < 1.29 is 9.59 Å². The highest BCUT2D eigenvalue weighted by Gasteiger charge is 2.40. The molecule has 1 aliphatic heterocycles. The lowest BCUT2D eigenvalue weighted by Gasteiger charge is -2.37. The SMILES string of the molecule is CN1C(=O)CC[C@H](C(=O)Nc2cn[nH]c2)[C@H]1c1nccn1C. The van der Waals surface area contributed by atoms with Gasteiger partial charge in [-0.2, -0.15) is 5.10 Å². The number of piperidine rings is 1. The van der Waals surface area contributed by atoms with E-state index in [0.717, 1.165) is 0 Å². The van der Waals surface area contributed by atoms with Gasteiger partial charge in [-0.15, -0.1) is 0 Å². The Balaban J connectivity index is 1.88. The van der Waals surface area contributed by atoms with Crippen LogP contribution in [0.25, 0.3) is 0 Å². The number of carbonyl (C=O) groups is 2. The summed E-state index contributed by atoms with van der Waals surface area (Å²) in [6, 6.07) is -0.367. The van der Waals surface area contributed by atoms with Crippen molar-refractivity contribution in [1.29, 1.82) is 0 Å². The van der Waals surface area contributed by atoms with E-state index in [1.54, 1.807) is 30.5 Å². The number of imidazole rings is 1. The van der Waals surface area contributed by atoms with Crippen LogP contribution in [0, 0.1) is 5.92 Å². The van der Waals surface area contributed by atoms with Crippen molar-refractivity contribution in [1.82, 2.24) is 24.6 Å². The predicted octanol–water partition coefficient (Wildman–Crippen LogP) is 0.691. The van der Waals surface area contributed by atoms with E-state index in [1.165, 1.54) is 0 Å². The van der Waals surface area contributed by atoms with Crippen molar-refractivity contribution >= 4 is 17.5 Å². The third-order valence-electron chi connectivity index (χ3n) is 4.09. The molecule has 8 heteroatoms. The van der Waals surface area contributed by atoms with Crippen molar-refractivity contribution in [3.8, 4) is 0 Å². The van der Waals surface area contributed by atoms with Gasteiger partial charge in [0.2, 0.25) is 11.8 Å². The van der Waals surface area contributed by atoms with E-state index in [4.69, 9.17) is 0 Å².